The lowest BCUT2D eigenvalue weighted by atomic mass is 10.1. The van der Waals surface area contributed by atoms with Crippen molar-refractivity contribution in [2.75, 3.05) is 11.5 Å². The van der Waals surface area contributed by atoms with Crippen molar-refractivity contribution in [2.45, 2.75) is 12.8 Å². The Morgan fingerprint density at radius 3 is 2.17 bits per heavy atom. The van der Waals surface area contributed by atoms with Gasteiger partial charge < -0.3 is 4.74 Å². The van der Waals surface area contributed by atoms with Crippen LogP contribution in [0.3, 0.4) is 0 Å². The van der Waals surface area contributed by atoms with Gasteiger partial charge in [0.15, 0.2) is 9.84 Å². The lowest BCUT2D eigenvalue weighted by molar-refractivity contribution is -0.135. The van der Waals surface area contributed by atoms with E-state index in [0.717, 1.165) is 15.6 Å². The summed E-state index contributed by atoms with van der Waals surface area (Å²) in [5.41, 5.74) is 2.11. The van der Waals surface area contributed by atoms with E-state index in [-0.39, 0.29) is 29.8 Å². The van der Waals surface area contributed by atoms with Crippen molar-refractivity contribution in [3.8, 4) is 16.9 Å². The first-order valence-corrected chi connectivity index (χ1v) is 10.3. The Morgan fingerprint density at radius 2 is 1.62 bits per heavy atom. The number of carbonyl (C=O) groups is 1. The summed E-state index contributed by atoms with van der Waals surface area (Å²) in [5.74, 6) is 0.233. The number of hydrogen-bond acceptors (Lipinski definition) is 4. The van der Waals surface area contributed by atoms with E-state index in [2.05, 4.69) is 15.9 Å². The van der Waals surface area contributed by atoms with Crippen LogP contribution in [0.4, 0.5) is 0 Å². The first-order chi connectivity index (χ1) is 11.4. The second-order valence-electron chi connectivity index (χ2n) is 5.98. The monoisotopic (exact) mass is 408 g/mol. The molecule has 126 valence electrons. The average molecular weight is 409 g/mol. The van der Waals surface area contributed by atoms with Gasteiger partial charge in [0.2, 0.25) is 0 Å². The average Bonchev–Trinajstić information content (AvgIpc) is 2.87. The molecule has 1 aliphatic rings. The third kappa shape index (κ3) is 4.45. The second-order valence-corrected chi connectivity index (χ2v) is 9.12. The van der Waals surface area contributed by atoms with E-state index in [1.165, 1.54) is 0 Å². The lowest BCUT2D eigenvalue weighted by Gasteiger charge is -2.09. The van der Waals surface area contributed by atoms with Crippen LogP contribution in [0, 0.1) is 5.92 Å². The summed E-state index contributed by atoms with van der Waals surface area (Å²) in [5, 5.41) is 0. The van der Waals surface area contributed by atoms with Gasteiger partial charge in [0.25, 0.3) is 0 Å². The third-order valence-electron chi connectivity index (χ3n) is 4.05. The van der Waals surface area contributed by atoms with Crippen molar-refractivity contribution >= 4 is 31.7 Å². The van der Waals surface area contributed by atoms with Crippen molar-refractivity contribution in [2.24, 2.45) is 5.92 Å². The van der Waals surface area contributed by atoms with Gasteiger partial charge in [-0.2, -0.15) is 0 Å². The van der Waals surface area contributed by atoms with Crippen LogP contribution in [0.5, 0.6) is 5.75 Å². The standard InChI is InChI=1S/C18H17BrO4S/c19-16-5-1-14(2-6-16)15-3-7-17(8-4-15)23-18(20)11-13-9-10-24(21,22)12-13/h1-8,13H,9-12H2. The van der Waals surface area contributed by atoms with E-state index in [1.807, 2.05) is 36.4 Å². The molecule has 6 heteroatoms. The normalized spacial score (nSPS) is 19.1. The summed E-state index contributed by atoms with van der Waals surface area (Å²) in [4.78, 5) is 11.9. The van der Waals surface area contributed by atoms with Gasteiger partial charge in [0.1, 0.15) is 5.75 Å². The molecule has 0 amide bonds. The molecule has 2 aromatic carbocycles. The highest BCUT2D eigenvalue weighted by Gasteiger charge is 2.29. The summed E-state index contributed by atoms with van der Waals surface area (Å²) in [6, 6.07) is 15.2. The lowest BCUT2D eigenvalue weighted by Crippen LogP contribution is -2.15. The molecule has 0 radical (unpaired) electrons. The van der Waals surface area contributed by atoms with Crippen LogP contribution in [0.25, 0.3) is 11.1 Å². The second kappa shape index (κ2) is 7.07. The number of sulfone groups is 1. The van der Waals surface area contributed by atoms with Gasteiger partial charge in [-0.25, -0.2) is 8.42 Å². The molecule has 3 rings (SSSR count). The van der Waals surface area contributed by atoms with Crippen LogP contribution in [0.1, 0.15) is 12.8 Å². The van der Waals surface area contributed by atoms with Crippen LogP contribution in [-0.4, -0.2) is 25.9 Å². The Labute approximate surface area is 149 Å². The zero-order valence-electron chi connectivity index (χ0n) is 12.9. The van der Waals surface area contributed by atoms with Gasteiger partial charge in [-0.1, -0.05) is 40.2 Å². The summed E-state index contributed by atoms with van der Waals surface area (Å²) in [6.45, 7) is 0. The minimum Gasteiger partial charge on any atom is -0.427 e. The van der Waals surface area contributed by atoms with Crippen LogP contribution in [0.15, 0.2) is 53.0 Å². The maximum absolute atomic E-state index is 11.9. The van der Waals surface area contributed by atoms with E-state index in [0.29, 0.717) is 12.2 Å². The first-order valence-electron chi connectivity index (χ1n) is 7.68. The topological polar surface area (TPSA) is 60.4 Å². The Hall–Kier alpha value is -1.66. The third-order valence-corrected chi connectivity index (χ3v) is 6.41. The van der Waals surface area contributed by atoms with Crippen molar-refractivity contribution in [3.63, 3.8) is 0 Å². The number of hydrogen-bond donors (Lipinski definition) is 0. The predicted molar refractivity (Wildman–Crippen MR) is 96.6 cm³/mol. The number of esters is 1. The fourth-order valence-corrected chi connectivity index (χ4v) is 4.93. The molecule has 1 aliphatic heterocycles. The Morgan fingerprint density at radius 1 is 1.04 bits per heavy atom. The van der Waals surface area contributed by atoms with Gasteiger partial charge in [0, 0.05) is 10.9 Å². The van der Waals surface area contributed by atoms with E-state index < -0.39 is 9.84 Å². The quantitative estimate of drug-likeness (QED) is 0.569. The maximum Gasteiger partial charge on any atom is 0.311 e. The fourth-order valence-electron chi connectivity index (χ4n) is 2.80. The van der Waals surface area contributed by atoms with E-state index in [9.17, 15) is 13.2 Å². The van der Waals surface area contributed by atoms with E-state index >= 15 is 0 Å². The Balaban J connectivity index is 1.60. The minimum absolute atomic E-state index is 0.0879. The van der Waals surface area contributed by atoms with Crippen molar-refractivity contribution in [1.82, 2.24) is 0 Å². The molecule has 4 nitrogen and oxygen atoms in total. The van der Waals surface area contributed by atoms with Crippen molar-refractivity contribution in [3.05, 3.63) is 53.0 Å². The zero-order chi connectivity index (χ0) is 17.2. The van der Waals surface area contributed by atoms with Gasteiger partial charge in [-0.15, -0.1) is 0 Å². The van der Waals surface area contributed by atoms with Crippen LogP contribution in [-0.2, 0) is 14.6 Å². The molecule has 0 spiro atoms. The van der Waals surface area contributed by atoms with Gasteiger partial charge in [0.05, 0.1) is 11.5 Å². The SMILES string of the molecule is O=C(CC1CCS(=O)(=O)C1)Oc1ccc(-c2ccc(Br)cc2)cc1. The smallest absolute Gasteiger partial charge is 0.311 e. The van der Waals surface area contributed by atoms with Gasteiger partial charge in [-0.3, -0.25) is 4.79 Å². The summed E-state index contributed by atoms with van der Waals surface area (Å²) in [7, 11) is -2.96. The molecule has 0 aromatic heterocycles. The molecule has 0 N–H and O–H groups in total. The zero-order valence-corrected chi connectivity index (χ0v) is 15.3. The number of halogens is 1. The van der Waals surface area contributed by atoms with Gasteiger partial charge in [-0.05, 0) is 47.7 Å². The fraction of sp³-hybridized carbons (Fsp3) is 0.278. The van der Waals surface area contributed by atoms with Gasteiger partial charge >= 0.3 is 5.97 Å². The highest BCUT2D eigenvalue weighted by atomic mass is 79.9. The molecule has 1 heterocycles. The molecule has 2 aromatic rings. The molecule has 24 heavy (non-hydrogen) atoms. The van der Waals surface area contributed by atoms with E-state index in [4.69, 9.17) is 4.74 Å². The summed E-state index contributed by atoms with van der Waals surface area (Å²) in [6.07, 6.45) is 0.688. The predicted octanol–water partition coefficient (Wildman–Crippen LogP) is 3.85. The first kappa shape index (κ1) is 17.2. The van der Waals surface area contributed by atoms with Crippen LogP contribution >= 0.6 is 15.9 Å². The molecule has 1 fully saturated rings. The highest BCUT2D eigenvalue weighted by Crippen LogP contribution is 2.25. The maximum atomic E-state index is 11.9. The summed E-state index contributed by atoms with van der Waals surface area (Å²) < 4.78 is 29.2. The number of benzene rings is 2. The Bertz CT molecular complexity index is 826. The molecule has 1 atom stereocenters. The van der Waals surface area contributed by atoms with Crippen molar-refractivity contribution < 1.29 is 17.9 Å². The molecular formula is C18H17BrO4S. The van der Waals surface area contributed by atoms with Crippen molar-refractivity contribution in [1.29, 1.82) is 0 Å². The molecular weight excluding hydrogens is 392 g/mol. The number of carbonyl (C=O) groups excluding carboxylic acids is 1. The molecule has 1 saturated heterocycles. The van der Waals surface area contributed by atoms with E-state index in [1.54, 1.807) is 12.1 Å². The molecule has 0 bridgehead atoms. The number of ether oxygens (including phenoxy) is 1. The highest BCUT2D eigenvalue weighted by molar-refractivity contribution is 9.10. The molecule has 0 aliphatic carbocycles. The molecule has 0 saturated carbocycles. The van der Waals surface area contributed by atoms with Crippen LogP contribution in [0.2, 0.25) is 0 Å². The summed E-state index contributed by atoms with van der Waals surface area (Å²) >= 11 is 3.40. The largest absolute Gasteiger partial charge is 0.427 e. The molecule has 1 unspecified atom stereocenters. The Kier molecular flexibility index (Phi) is 5.06. The number of rotatable bonds is 4. The minimum atomic E-state index is -2.96. The van der Waals surface area contributed by atoms with Crippen LogP contribution < -0.4 is 4.74 Å².